The molecule has 10 heavy (non-hydrogen) atoms. The molecule has 1 rings (SSSR count). The van der Waals surface area contributed by atoms with Gasteiger partial charge in [0.25, 0.3) is 0 Å². The number of rotatable bonds is 2. The van der Waals surface area contributed by atoms with Crippen LogP contribution in [0.2, 0.25) is 0 Å². The monoisotopic (exact) mass is 164 g/mol. The van der Waals surface area contributed by atoms with Crippen LogP contribution in [0.25, 0.3) is 0 Å². The maximum Gasteiger partial charge on any atom is 0.510 e. The van der Waals surface area contributed by atoms with Gasteiger partial charge in [0.15, 0.2) is 5.56 Å². The second-order valence-corrected chi connectivity index (χ2v) is 2.84. The van der Waals surface area contributed by atoms with Crippen LogP contribution in [0.15, 0.2) is 0 Å². The lowest BCUT2D eigenvalue weighted by molar-refractivity contribution is 0.0444. The zero-order valence-corrected chi connectivity index (χ0v) is 6.43. The second kappa shape index (κ2) is 3.10. The summed E-state index contributed by atoms with van der Waals surface area (Å²) in [6, 6.07) is 0. The highest BCUT2D eigenvalue weighted by Crippen LogP contribution is 2.24. The van der Waals surface area contributed by atoms with Crippen LogP contribution in [-0.2, 0) is 9.47 Å². The van der Waals surface area contributed by atoms with E-state index in [2.05, 4.69) is 4.74 Å². The Balaban J connectivity index is 2.08. The van der Waals surface area contributed by atoms with Crippen molar-refractivity contribution in [2.75, 3.05) is 0 Å². The number of carbonyl (C=O) groups excluding carboxylic acids is 1. The van der Waals surface area contributed by atoms with E-state index in [0.717, 1.165) is 12.8 Å². The number of hydrogen-bond acceptors (Lipinski definition) is 3. The molecule has 1 unspecified atom stereocenters. The van der Waals surface area contributed by atoms with Crippen molar-refractivity contribution in [2.45, 2.75) is 31.4 Å². The Morgan fingerprint density at radius 2 is 2.30 bits per heavy atom. The van der Waals surface area contributed by atoms with E-state index in [1.165, 1.54) is 0 Å². The van der Waals surface area contributed by atoms with Gasteiger partial charge in [-0.05, 0) is 19.8 Å². The number of ether oxygens (including phenoxy) is 2. The molecule has 0 aromatic carbocycles. The number of carbonyl (C=O) groups is 1. The summed E-state index contributed by atoms with van der Waals surface area (Å²) >= 11 is 5.35. The van der Waals surface area contributed by atoms with Gasteiger partial charge in [-0.15, -0.1) is 0 Å². The first-order chi connectivity index (χ1) is 4.68. The lowest BCUT2D eigenvalue weighted by atomic mass is 10.8. The van der Waals surface area contributed by atoms with Crippen LogP contribution in [-0.4, -0.2) is 17.8 Å². The Morgan fingerprint density at radius 3 is 2.70 bits per heavy atom. The molecule has 1 atom stereocenters. The molecule has 1 saturated carbocycles. The normalized spacial score (nSPS) is 19.8. The summed E-state index contributed by atoms with van der Waals surface area (Å²) in [5.41, 5.74) is -0.605. The SMILES string of the molecule is CC(Cl)OC(=O)OC1CC1. The predicted molar refractivity (Wildman–Crippen MR) is 35.9 cm³/mol. The van der Waals surface area contributed by atoms with Crippen LogP contribution >= 0.6 is 11.6 Å². The summed E-state index contributed by atoms with van der Waals surface area (Å²) in [5, 5.41) is 0. The van der Waals surface area contributed by atoms with Crippen molar-refractivity contribution in [1.29, 1.82) is 0 Å². The summed E-state index contributed by atoms with van der Waals surface area (Å²) in [4.78, 5) is 10.6. The smallest absolute Gasteiger partial charge is 0.431 e. The molecule has 0 aliphatic heterocycles. The highest BCUT2D eigenvalue weighted by Gasteiger charge is 2.27. The molecule has 1 fully saturated rings. The van der Waals surface area contributed by atoms with Crippen molar-refractivity contribution >= 4 is 17.8 Å². The summed E-state index contributed by atoms with van der Waals surface area (Å²) in [7, 11) is 0. The van der Waals surface area contributed by atoms with Gasteiger partial charge in [0.2, 0.25) is 0 Å². The van der Waals surface area contributed by atoms with Gasteiger partial charge in [0, 0.05) is 0 Å². The average Bonchev–Trinajstić information content (AvgIpc) is 2.46. The topological polar surface area (TPSA) is 35.5 Å². The van der Waals surface area contributed by atoms with Gasteiger partial charge in [-0.1, -0.05) is 11.6 Å². The molecular weight excluding hydrogens is 156 g/mol. The fourth-order valence-electron chi connectivity index (χ4n) is 0.482. The van der Waals surface area contributed by atoms with E-state index in [1.54, 1.807) is 6.92 Å². The Hall–Kier alpha value is -0.440. The van der Waals surface area contributed by atoms with Crippen LogP contribution in [0.3, 0.4) is 0 Å². The number of hydrogen-bond donors (Lipinski definition) is 0. The minimum atomic E-state index is -0.662. The molecule has 0 amide bonds. The van der Waals surface area contributed by atoms with E-state index in [0.29, 0.717) is 0 Å². The van der Waals surface area contributed by atoms with Gasteiger partial charge in [0.1, 0.15) is 6.10 Å². The van der Waals surface area contributed by atoms with Gasteiger partial charge < -0.3 is 9.47 Å². The van der Waals surface area contributed by atoms with E-state index in [1.807, 2.05) is 0 Å². The van der Waals surface area contributed by atoms with Crippen molar-refractivity contribution in [3.05, 3.63) is 0 Å². The van der Waals surface area contributed by atoms with E-state index in [-0.39, 0.29) is 6.10 Å². The standard InChI is InChI=1S/C6H9ClO3/c1-4(7)9-6(8)10-5-2-3-5/h4-5H,2-3H2,1H3. The van der Waals surface area contributed by atoms with Gasteiger partial charge in [0.05, 0.1) is 0 Å². The quantitative estimate of drug-likeness (QED) is 0.462. The molecule has 0 heterocycles. The molecule has 3 nitrogen and oxygen atoms in total. The van der Waals surface area contributed by atoms with E-state index in [9.17, 15) is 4.79 Å². The largest absolute Gasteiger partial charge is 0.510 e. The lowest BCUT2D eigenvalue weighted by Gasteiger charge is -2.05. The Morgan fingerprint density at radius 1 is 1.70 bits per heavy atom. The summed E-state index contributed by atoms with van der Waals surface area (Å²) in [6.45, 7) is 1.57. The second-order valence-electron chi connectivity index (χ2n) is 2.23. The van der Waals surface area contributed by atoms with Crippen molar-refractivity contribution in [1.82, 2.24) is 0 Å². The van der Waals surface area contributed by atoms with Crippen LogP contribution in [0.1, 0.15) is 19.8 Å². The van der Waals surface area contributed by atoms with Crippen molar-refractivity contribution in [2.24, 2.45) is 0 Å². The molecule has 0 N–H and O–H groups in total. The number of halogens is 1. The summed E-state index contributed by atoms with van der Waals surface area (Å²) in [6.07, 6.45) is 1.32. The third kappa shape index (κ3) is 2.92. The van der Waals surface area contributed by atoms with Gasteiger partial charge in [-0.3, -0.25) is 0 Å². The van der Waals surface area contributed by atoms with Crippen molar-refractivity contribution in [3.63, 3.8) is 0 Å². The Kier molecular flexibility index (Phi) is 2.38. The van der Waals surface area contributed by atoms with Crippen LogP contribution < -0.4 is 0 Å². The molecule has 0 aromatic rings. The zero-order chi connectivity index (χ0) is 7.56. The Labute approximate surface area is 64.3 Å². The predicted octanol–water partition coefficient (Wildman–Crippen LogP) is 1.89. The fraction of sp³-hybridized carbons (Fsp3) is 0.833. The maximum absolute atomic E-state index is 10.6. The molecule has 0 radical (unpaired) electrons. The van der Waals surface area contributed by atoms with E-state index in [4.69, 9.17) is 16.3 Å². The molecule has 0 spiro atoms. The first-order valence-corrected chi connectivity index (χ1v) is 3.63. The lowest BCUT2D eigenvalue weighted by Crippen LogP contribution is -2.12. The van der Waals surface area contributed by atoms with Crippen molar-refractivity contribution in [3.8, 4) is 0 Å². The van der Waals surface area contributed by atoms with Gasteiger partial charge >= 0.3 is 6.16 Å². The molecule has 0 saturated heterocycles. The molecular formula is C6H9ClO3. The zero-order valence-electron chi connectivity index (χ0n) is 5.67. The minimum Gasteiger partial charge on any atom is -0.431 e. The highest BCUT2D eigenvalue weighted by molar-refractivity contribution is 6.19. The Bertz CT molecular complexity index is 125. The van der Waals surface area contributed by atoms with Gasteiger partial charge in [-0.2, -0.15) is 0 Å². The molecule has 1 aliphatic rings. The number of alkyl halides is 1. The third-order valence-electron chi connectivity index (χ3n) is 1.05. The maximum atomic E-state index is 10.6. The van der Waals surface area contributed by atoms with Crippen LogP contribution in [0.4, 0.5) is 4.79 Å². The van der Waals surface area contributed by atoms with Crippen LogP contribution in [0, 0.1) is 0 Å². The fourth-order valence-corrected chi connectivity index (χ4v) is 0.555. The van der Waals surface area contributed by atoms with Crippen LogP contribution in [0.5, 0.6) is 0 Å². The summed E-state index contributed by atoms with van der Waals surface area (Å²) < 4.78 is 9.23. The third-order valence-corrected chi connectivity index (χ3v) is 1.13. The molecule has 58 valence electrons. The minimum absolute atomic E-state index is 0.0860. The summed E-state index contributed by atoms with van der Waals surface area (Å²) in [5.74, 6) is 0. The van der Waals surface area contributed by atoms with Crippen molar-refractivity contribution < 1.29 is 14.3 Å². The van der Waals surface area contributed by atoms with E-state index >= 15 is 0 Å². The first-order valence-electron chi connectivity index (χ1n) is 3.20. The molecule has 0 aromatic heterocycles. The molecule has 1 aliphatic carbocycles. The van der Waals surface area contributed by atoms with E-state index < -0.39 is 11.7 Å². The highest BCUT2D eigenvalue weighted by atomic mass is 35.5. The molecule has 0 bridgehead atoms. The molecule has 4 heteroatoms. The average molecular weight is 165 g/mol. The van der Waals surface area contributed by atoms with Gasteiger partial charge in [-0.25, -0.2) is 4.79 Å². The first kappa shape index (κ1) is 7.66.